The highest BCUT2D eigenvalue weighted by atomic mass is 16.2. The minimum atomic E-state index is -0.0613. The maximum Gasteiger partial charge on any atom is 0.247 e. The van der Waals surface area contributed by atoms with Gasteiger partial charge in [0.2, 0.25) is 11.8 Å². The van der Waals surface area contributed by atoms with E-state index in [4.69, 9.17) is 0 Å². The Morgan fingerprint density at radius 1 is 0.759 bits per heavy atom. The van der Waals surface area contributed by atoms with Crippen molar-refractivity contribution in [3.8, 4) is 0 Å². The Hall–Kier alpha value is -1.69. The average molecular weight is 408 g/mol. The first-order valence-electron chi connectivity index (χ1n) is 10.5. The van der Waals surface area contributed by atoms with Crippen LogP contribution in [-0.4, -0.2) is 39.8 Å². The lowest BCUT2D eigenvalue weighted by molar-refractivity contribution is -0.124. The zero-order valence-electron chi connectivity index (χ0n) is 19.8. The lowest BCUT2D eigenvalue weighted by Gasteiger charge is -2.41. The molecule has 2 amide bonds. The lowest BCUT2D eigenvalue weighted by Crippen LogP contribution is -2.58. The second-order valence-electron chi connectivity index (χ2n) is 11.4. The summed E-state index contributed by atoms with van der Waals surface area (Å²) in [5, 5.41) is 9.15. The van der Waals surface area contributed by atoms with Crippen LogP contribution in [0.3, 0.4) is 0 Å². The molecule has 0 bridgehead atoms. The van der Waals surface area contributed by atoms with Crippen LogP contribution in [0.2, 0.25) is 0 Å². The number of carbonyl (C=O) groups excluding carboxylic acids is 3. The normalized spacial score (nSPS) is 28.4. The van der Waals surface area contributed by atoms with Gasteiger partial charge in [0.1, 0.15) is 5.78 Å². The number of carbonyl (C=O) groups is 3. The zero-order chi connectivity index (χ0) is 22.8. The molecule has 3 heterocycles. The van der Waals surface area contributed by atoms with Crippen molar-refractivity contribution in [2.45, 2.75) is 110 Å². The van der Waals surface area contributed by atoms with Gasteiger partial charge in [-0.1, -0.05) is 13.5 Å². The van der Waals surface area contributed by atoms with E-state index >= 15 is 0 Å². The van der Waals surface area contributed by atoms with Crippen molar-refractivity contribution >= 4 is 17.6 Å². The van der Waals surface area contributed by atoms with Crippen LogP contribution in [-0.2, 0) is 14.4 Å². The summed E-state index contributed by atoms with van der Waals surface area (Å²) in [5.41, 5.74) is 0.641. The van der Waals surface area contributed by atoms with Crippen molar-refractivity contribution in [1.29, 1.82) is 0 Å². The molecule has 3 saturated heterocycles. The molecule has 166 valence electrons. The predicted octanol–water partition coefficient (Wildman–Crippen LogP) is 3.26. The average Bonchev–Trinajstić information content (AvgIpc) is 2.79. The van der Waals surface area contributed by atoms with Gasteiger partial charge in [0.05, 0.1) is 0 Å². The molecule has 3 fully saturated rings. The van der Waals surface area contributed by atoms with E-state index in [0.29, 0.717) is 24.2 Å². The van der Waals surface area contributed by atoms with Crippen LogP contribution in [0, 0.1) is 5.92 Å². The molecule has 0 radical (unpaired) electrons. The van der Waals surface area contributed by atoms with Crippen LogP contribution in [0.4, 0.5) is 0 Å². The summed E-state index contributed by atoms with van der Waals surface area (Å²) in [6, 6.07) is 0. The van der Waals surface area contributed by atoms with E-state index in [1.54, 1.807) is 0 Å². The predicted molar refractivity (Wildman–Crippen MR) is 118 cm³/mol. The van der Waals surface area contributed by atoms with Gasteiger partial charge >= 0.3 is 0 Å². The summed E-state index contributed by atoms with van der Waals surface area (Å²) in [7, 11) is 0. The highest BCUT2D eigenvalue weighted by Crippen LogP contribution is 2.25. The molecule has 3 aliphatic heterocycles. The van der Waals surface area contributed by atoms with Crippen molar-refractivity contribution in [1.82, 2.24) is 16.0 Å². The number of ketones is 1. The quantitative estimate of drug-likeness (QED) is 0.538. The number of rotatable bonds is 0. The minimum Gasteiger partial charge on any atom is -0.351 e. The van der Waals surface area contributed by atoms with Gasteiger partial charge in [-0.15, -0.1) is 0 Å². The summed E-state index contributed by atoms with van der Waals surface area (Å²) >= 11 is 0. The Morgan fingerprint density at radius 2 is 1.24 bits per heavy atom. The van der Waals surface area contributed by atoms with Crippen LogP contribution < -0.4 is 16.0 Å². The molecule has 3 N–H and O–H groups in total. The molecule has 0 aromatic rings. The van der Waals surface area contributed by atoms with Gasteiger partial charge in [-0.25, -0.2) is 0 Å². The summed E-state index contributed by atoms with van der Waals surface area (Å²) in [5.74, 6) is 0.777. The van der Waals surface area contributed by atoms with Crippen LogP contribution >= 0.6 is 0 Å². The number of hydrogen-bond donors (Lipinski definition) is 3. The smallest absolute Gasteiger partial charge is 0.247 e. The first-order valence-corrected chi connectivity index (χ1v) is 10.5. The van der Waals surface area contributed by atoms with E-state index in [1.807, 2.05) is 20.8 Å². The maximum absolute atomic E-state index is 11.3. The van der Waals surface area contributed by atoms with Gasteiger partial charge in [0, 0.05) is 46.5 Å². The second kappa shape index (κ2) is 8.58. The van der Waals surface area contributed by atoms with Gasteiger partial charge in [0.15, 0.2) is 0 Å². The fourth-order valence-electron chi connectivity index (χ4n) is 4.47. The molecular formula is C23H41N3O3. The fraction of sp³-hybridized carbons (Fsp3) is 0.783. The van der Waals surface area contributed by atoms with Crippen LogP contribution in [0.25, 0.3) is 0 Å². The number of Topliss-reactive ketones (excluding diaryl/α,β-unsaturated/α-hetero) is 1. The lowest BCUT2D eigenvalue weighted by atomic mass is 9.82. The van der Waals surface area contributed by atoms with E-state index in [2.05, 4.69) is 64.1 Å². The van der Waals surface area contributed by atoms with Gasteiger partial charge in [0.25, 0.3) is 0 Å². The van der Waals surface area contributed by atoms with Crippen molar-refractivity contribution in [3.05, 3.63) is 12.2 Å². The fourth-order valence-corrected chi connectivity index (χ4v) is 4.47. The number of piperidine rings is 1. The molecule has 29 heavy (non-hydrogen) atoms. The van der Waals surface area contributed by atoms with Gasteiger partial charge in [-0.2, -0.15) is 0 Å². The molecule has 0 saturated carbocycles. The SMILES string of the molecule is C=C1CC(C)(C)NC1=O.CC1(C)CC(=O)CC(C)(C)N1.C[C@@H]1CC(C)(C)NC1=O. The number of amides is 2. The minimum absolute atomic E-state index is 0.000000000000000222. The highest BCUT2D eigenvalue weighted by molar-refractivity contribution is 5.96. The molecule has 0 spiro atoms. The van der Waals surface area contributed by atoms with Gasteiger partial charge in [-0.3, -0.25) is 14.4 Å². The van der Waals surface area contributed by atoms with E-state index < -0.39 is 0 Å². The third kappa shape index (κ3) is 8.69. The Morgan fingerprint density at radius 3 is 1.41 bits per heavy atom. The van der Waals surface area contributed by atoms with Crippen molar-refractivity contribution in [3.63, 3.8) is 0 Å². The van der Waals surface area contributed by atoms with E-state index in [-0.39, 0.29) is 39.9 Å². The van der Waals surface area contributed by atoms with E-state index in [1.165, 1.54) is 0 Å². The molecule has 0 aromatic carbocycles. The van der Waals surface area contributed by atoms with Gasteiger partial charge < -0.3 is 16.0 Å². The highest BCUT2D eigenvalue weighted by Gasteiger charge is 2.36. The Kier molecular flexibility index (Phi) is 7.50. The molecule has 3 aliphatic rings. The third-order valence-electron chi connectivity index (χ3n) is 5.11. The summed E-state index contributed by atoms with van der Waals surface area (Å²) < 4.78 is 0. The molecule has 3 rings (SSSR count). The molecule has 6 heteroatoms. The van der Waals surface area contributed by atoms with E-state index in [9.17, 15) is 14.4 Å². The monoisotopic (exact) mass is 407 g/mol. The Balaban J connectivity index is 0.000000219. The first-order chi connectivity index (χ1) is 12.8. The molecular weight excluding hydrogens is 366 g/mol. The van der Waals surface area contributed by atoms with Crippen molar-refractivity contribution in [2.24, 2.45) is 5.92 Å². The first kappa shape index (κ1) is 25.3. The van der Waals surface area contributed by atoms with Crippen LogP contribution in [0.1, 0.15) is 88.0 Å². The third-order valence-corrected chi connectivity index (χ3v) is 5.11. The number of nitrogens with one attached hydrogen (secondary N) is 3. The molecule has 0 unspecified atom stereocenters. The Bertz CT molecular complexity index is 639. The number of hydrogen-bond acceptors (Lipinski definition) is 4. The zero-order valence-corrected chi connectivity index (χ0v) is 19.8. The van der Waals surface area contributed by atoms with E-state index in [0.717, 1.165) is 12.8 Å². The summed E-state index contributed by atoms with van der Waals surface area (Å²) in [4.78, 5) is 32.9. The van der Waals surface area contributed by atoms with Gasteiger partial charge in [-0.05, 0) is 68.2 Å². The van der Waals surface area contributed by atoms with Crippen LogP contribution in [0.15, 0.2) is 12.2 Å². The second-order valence-corrected chi connectivity index (χ2v) is 11.4. The molecule has 0 aliphatic carbocycles. The summed E-state index contributed by atoms with van der Waals surface area (Å²) in [6.45, 7) is 22.0. The van der Waals surface area contributed by atoms with Crippen molar-refractivity contribution in [2.75, 3.05) is 0 Å². The summed E-state index contributed by atoms with van der Waals surface area (Å²) in [6.07, 6.45) is 3.06. The Labute approximate surface area is 176 Å². The maximum atomic E-state index is 11.3. The topological polar surface area (TPSA) is 87.3 Å². The molecule has 0 aromatic heterocycles. The molecule has 1 atom stereocenters. The van der Waals surface area contributed by atoms with Crippen molar-refractivity contribution < 1.29 is 14.4 Å². The standard InChI is InChI=1S/C9H17NO.C7H13NO.C7H11NO/c1-8(2)5-7(11)6-9(3,4)10-8;2*1-5-4-7(2,3)8-6(5)9/h10H,5-6H2,1-4H3;5H,4H2,1-3H3,(H,8,9);1,4H2,2-3H3,(H,8,9)/t;5-;/m.1./s1. The largest absolute Gasteiger partial charge is 0.351 e. The molecule has 6 nitrogen and oxygen atoms in total. The van der Waals surface area contributed by atoms with Crippen LogP contribution in [0.5, 0.6) is 0 Å².